The first-order chi connectivity index (χ1) is 8.44. The van der Waals surface area contributed by atoms with E-state index in [9.17, 15) is 8.42 Å². The topological polar surface area (TPSA) is 66.4 Å². The smallest absolute Gasteiger partial charge is 0.242 e. The lowest BCUT2D eigenvalue weighted by Crippen LogP contribution is -2.47. The Hall–Kier alpha value is -0.430. The van der Waals surface area contributed by atoms with Gasteiger partial charge in [-0.25, -0.2) is 13.1 Å². The Morgan fingerprint density at radius 2 is 1.83 bits per heavy atom. The number of rotatable bonds is 7. The van der Waals surface area contributed by atoms with Crippen molar-refractivity contribution in [3.63, 3.8) is 0 Å². The molecule has 18 heavy (non-hydrogen) atoms. The molecule has 1 rings (SSSR count). The molecule has 0 aliphatic heterocycles. The average molecular weight is 291 g/mol. The molecule has 0 atom stereocenters. The normalized spacial score (nSPS) is 12.9. The summed E-state index contributed by atoms with van der Waals surface area (Å²) in [4.78, 5) is 0.689. The van der Waals surface area contributed by atoms with E-state index in [1.807, 2.05) is 20.8 Å². The van der Waals surface area contributed by atoms with Gasteiger partial charge in [-0.1, -0.05) is 20.8 Å². The quantitative estimate of drug-likeness (QED) is 0.811. The van der Waals surface area contributed by atoms with E-state index in [0.717, 1.165) is 19.3 Å². The molecule has 0 unspecified atom stereocenters. The molecule has 0 saturated carbocycles. The lowest BCUT2D eigenvalue weighted by atomic mass is 9.91. The highest BCUT2D eigenvalue weighted by atomic mass is 32.2. The third-order valence-corrected chi connectivity index (χ3v) is 6.22. The summed E-state index contributed by atoms with van der Waals surface area (Å²) in [6.07, 6.45) is 2.24. The molecule has 1 aromatic rings. The number of aliphatic hydroxyl groups is 1. The maximum Gasteiger partial charge on any atom is 0.242 e. The standard InChI is InChI=1S/C12H21NO3S2/c1-4-12(5-2,6-3)13-18(15,16)11-7-8-17-10(11)9-14/h7-8,13-14H,4-6,9H2,1-3H3. The highest BCUT2D eigenvalue weighted by Gasteiger charge is 2.31. The Morgan fingerprint density at radius 1 is 1.28 bits per heavy atom. The van der Waals surface area contributed by atoms with Gasteiger partial charge in [-0.05, 0) is 30.7 Å². The minimum Gasteiger partial charge on any atom is -0.391 e. The molecular weight excluding hydrogens is 270 g/mol. The molecule has 0 aliphatic rings. The van der Waals surface area contributed by atoms with Crippen LogP contribution in [0.4, 0.5) is 0 Å². The van der Waals surface area contributed by atoms with Crippen molar-refractivity contribution in [1.82, 2.24) is 4.72 Å². The molecule has 0 bridgehead atoms. The molecule has 1 aromatic heterocycles. The summed E-state index contributed by atoms with van der Waals surface area (Å²) in [7, 11) is -3.55. The Labute approximate surface area is 113 Å². The molecule has 0 amide bonds. The number of hydrogen-bond acceptors (Lipinski definition) is 4. The van der Waals surface area contributed by atoms with Gasteiger partial charge in [0.1, 0.15) is 0 Å². The van der Waals surface area contributed by atoms with E-state index in [1.165, 1.54) is 11.3 Å². The molecule has 0 radical (unpaired) electrons. The lowest BCUT2D eigenvalue weighted by molar-refractivity contribution is 0.282. The van der Waals surface area contributed by atoms with Crippen LogP contribution in [0.2, 0.25) is 0 Å². The number of sulfonamides is 1. The van der Waals surface area contributed by atoms with Gasteiger partial charge in [-0.15, -0.1) is 11.3 Å². The molecule has 0 fully saturated rings. The Morgan fingerprint density at radius 3 is 2.28 bits per heavy atom. The van der Waals surface area contributed by atoms with Gasteiger partial charge in [-0.3, -0.25) is 0 Å². The van der Waals surface area contributed by atoms with Gasteiger partial charge in [0.25, 0.3) is 0 Å². The van der Waals surface area contributed by atoms with Crippen molar-refractivity contribution in [3.8, 4) is 0 Å². The zero-order chi connectivity index (χ0) is 13.8. The van der Waals surface area contributed by atoms with Crippen LogP contribution in [0.15, 0.2) is 16.3 Å². The van der Waals surface area contributed by atoms with Crippen LogP contribution in [-0.2, 0) is 16.6 Å². The largest absolute Gasteiger partial charge is 0.391 e. The van der Waals surface area contributed by atoms with E-state index >= 15 is 0 Å². The van der Waals surface area contributed by atoms with Crippen molar-refractivity contribution in [2.45, 2.75) is 57.1 Å². The first-order valence-electron chi connectivity index (χ1n) is 6.16. The number of hydrogen-bond donors (Lipinski definition) is 2. The molecular formula is C12H21NO3S2. The molecule has 0 spiro atoms. The summed E-state index contributed by atoms with van der Waals surface area (Å²) in [5, 5.41) is 10.8. The molecule has 6 heteroatoms. The molecule has 2 N–H and O–H groups in total. The molecule has 0 aromatic carbocycles. The van der Waals surface area contributed by atoms with Gasteiger partial charge in [0.2, 0.25) is 10.0 Å². The van der Waals surface area contributed by atoms with E-state index < -0.39 is 15.6 Å². The van der Waals surface area contributed by atoms with Crippen molar-refractivity contribution in [2.75, 3.05) is 0 Å². The number of nitrogens with one attached hydrogen (secondary N) is 1. The maximum absolute atomic E-state index is 12.3. The second-order valence-electron chi connectivity index (χ2n) is 4.31. The maximum atomic E-state index is 12.3. The van der Waals surface area contributed by atoms with Gasteiger partial charge < -0.3 is 5.11 Å². The predicted molar refractivity (Wildman–Crippen MR) is 74.2 cm³/mol. The van der Waals surface area contributed by atoms with Crippen LogP contribution in [0, 0.1) is 0 Å². The molecule has 0 saturated heterocycles. The van der Waals surface area contributed by atoms with E-state index in [2.05, 4.69) is 4.72 Å². The van der Waals surface area contributed by atoms with Crippen LogP contribution in [0.5, 0.6) is 0 Å². The van der Waals surface area contributed by atoms with Gasteiger partial charge in [-0.2, -0.15) is 0 Å². The van der Waals surface area contributed by atoms with Gasteiger partial charge in [0.05, 0.1) is 11.5 Å². The van der Waals surface area contributed by atoms with Gasteiger partial charge >= 0.3 is 0 Å². The minimum atomic E-state index is -3.55. The summed E-state index contributed by atoms with van der Waals surface area (Å²) in [6.45, 7) is 5.70. The van der Waals surface area contributed by atoms with Crippen LogP contribution in [0.3, 0.4) is 0 Å². The predicted octanol–water partition coefficient (Wildman–Crippen LogP) is 2.49. The van der Waals surface area contributed by atoms with Crippen molar-refractivity contribution >= 4 is 21.4 Å². The van der Waals surface area contributed by atoms with Gasteiger partial charge in [0, 0.05) is 10.4 Å². The fourth-order valence-corrected chi connectivity index (χ4v) is 4.90. The first-order valence-corrected chi connectivity index (χ1v) is 8.52. The van der Waals surface area contributed by atoms with E-state index in [1.54, 1.807) is 11.4 Å². The SMILES string of the molecule is CCC(CC)(CC)NS(=O)(=O)c1ccsc1CO. The first kappa shape index (κ1) is 15.6. The summed E-state index contributed by atoms with van der Waals surface area (Å²) in [6, 6.07) is 1.55. The highest BCUT2D eigenvalue weighted by Crippen LogP contribution is 2.26. The van der Waals surface area contributed by atoms with Crippen LogP contribution < -0.4 is 4.72 Å². The highest BCUT2D eigenvalue weighted by molar-refractivity contribution is 7.89. The fraction of sp³-hybridized carbons (Fsp3) is 0.667. The monoisotopic (exact) mass is 291 g/mol. The van der Waals surface area contributed by atoms with Crippen LogP contribution in [-0.4, -0.2) is 19.1 Å². The summed E-state index contributed by atoms with van der Waals surface area (Å²) < 4.78 is 27.5. The fourth-order valence-electron chi connectivity index (χ4n) is 1.99. The zero-order valence-electron chi connectivity index (χ0n) is 11.1. The number of aliphatic hydroxyl groups excluding tert-OH is 1. The van der Waals surface area contributed by atoms with Crippen molar-refractivity contribution in [2.24, 2.45) is 0 Å². The molecule has 0 aliphatic carbocycles. The van der Waals surface area contributed by atoms with E-state index in [-0.39, 0.29) is 11.5 Å². The third kappa shape index (κ3) is 3.12. The Bertz CT molecular complexity index is 467. The van der Waals surface area contributed by atoms with Crippen molar-refractivity contribution < 1.29 is 13.5 Å². The summed E-state index contributed by atoms with van der Waals surface area (Å²) in [5.74, 6) is 0. The van der Waals surface area contributed by atoms with E-state index in [0.29, 0.717) is 4.88 Å². The van der Waals surface area contributed by atoms with Gasteiger partial charge in [0.15, 0.2) is 0 Å². The van der Waals surface area contributed by atoms with Crippen molar-refractivity contribution in [1.29, 1.82) is 0 Å². The summed E-state index contributed by atoms with van der Waals surface area (Å²) in [5.41, 5.74) is -0.395. The van der Waals surface area contributed by atoms with Crippen LogP contribution in [0.1, 0.15) is 44.9 Å². The van der Waals surface area contributed by atoms with Crippen LogP contribution in [0.25, 0.3) is 0 Å². The summed E-state index contributed by atoms with van der Waals surface area (Å²) >= 11 is 1.26. The molecule has 4 nitrogen and oxygen atoms in total. The third-order valence-electron chi connectivity index (χ3n) is 3.52. The second kappa shape index (κ2) is 6.14. The second-order valence-corrected chi connectivity index (χ2v) is 6.96. The minimum absolute atomic E-state index is 0.203. The lowest BCUT2D eigenvalue weighted by Gasteiger charge is -2.31. The Kier molecular flexibility index (Phi) is 5.33. The Balaban J connectivity index is 3.08. The van der Waals surface area contributed by atoms with E-state index in [4.69, 9.17) is 5.11 Å². The van der Waals surface area contributed by atoms with Crippen LogP contribution >= 0.6 is 11.3 Å². The number of thiophene rings is 1. The molecule has 104 valence electrons. The van der Waals surface area contributed by atoms with Crippen molar-refractivity contribution in [3.05, 3.63) is 16.3 Å². The molecule has 1 heterocycles. The average Bonchev–Trinajstić information content (AvgIpc) is 2.85. The zero-order valence-corrected chi connectivity index (χ0v) is 12.7.